The van der Waals surface area contributed by atoms with Crippen LogP contribution in [0, 0.1) is 6.92 Å². The summed E-state index contributed by atoms with van der Waals surface area (Å²) in [6.07, 6.45) is 1.74. The number of nitrogens with two attached hydrogens (primary N) is 2. The number of methoxy groups -OCH3 is 2. The second-order valence-corrected chi connectivity index (χ2v) is 6.48. The zero-order valence-corrected chi connectivity index (χ0v) is 15.9. The summed E-state index contributed by atoms with van der Waals surface area (Å²) in [5, 5.41) is 3.29. The number of hydrogen-bond donors (Lipinski definition) is 3. The summed E-state index contributed by atoms with van der Waals surface area (Å²) in [7, 11) is 3.15. The quantitative estimate of drug-likeness (QED) is 0.746. The fraction of sp³-hybridized carbons (Fsp3) is 0.300. The number of aromatic nitrogens is 1. The van der Waals surface area contributed by atoms with E-state index >= 15 is 0 Å². The van der Waals surface area contributed by atoms with Gasteiger partial charge in [-0.3, -0.25) is 4.79 Å². The molecule has 3 rings (SSSR count). The number of nitrogens with zero attached hydrogens (tertiary/aromatic N) is 1. The number of ether oxygens (including phenoxy) is 2. The second-order valence-electron chi connectivity index (χ2n) is 6.48. The number of nitrogens with one attached hydrogen (secondary N) is 1. The van der Waals surface area contributed by atoms with E-state index in [1.165, 1.54) is 0 Å². The van der Waals surface area contributed by atoms with Gasteiger partial charge in [0.1, 0.15) is 5.75 Å². The minimum Gasteiger partial charge on any atom is -0.496 e. The van der Waals surface area contributed by atoms with E-state index in [1.54, 1.807) is 20.4 Å². The molecule has 7 heteroatoms. The van der Waals surface area contributed by atoms with E-state index in [0.717, 1.165) is 27.9 Å². The van der Waals surface area contributed by atoms with Crippen molar-refractivity contribution >= 4 is 11.6 Å². The first-order valence-electron chi connectivity index (χ1n) is 8.60. The Hall–Kier alpha value is -3.06. The Morgan fingerprint density at radius 1 is 1.26 bits per heavy atom. The molecule has 1 aliphatic rings. The third kappa shape index (κ3) is 3.10. The lowest BCUT2D eigenvalue weighted by Gasteiger charge is -2.32. The Bertz CT molecular complexity index is 937. The highest BCUT2D eigenvalue weighted by Gasteiger charge is 2.36. The topological polar surface area (TPSA) is 112 Å². The molecule has 5 N–H and O–H groups in total. The van der Waals surface area contributed by atoms with Crippen LogP contribution in [0.3, 0.4) is 0 Å². The Morgan fingerprint density at radius 3 is 2.59 bits per heavy atom. The molecule has 2 aromatic rings. The highest BCUT2D eigenvalue weighted by molar-refractivity contribution is 5.98. The average molecular weight is 368 g/mol. The van der Waals surface area contributed by atoms with Gasteiger partial charge in [-0.05, 0) is 31.0 Å². The first kappa shape index (κ1) is 18.7. The Balaban J connectivity index is 2.36. The van der Waals surface area contributed by atoms with Crippen LogP contribution < -0.4 is 26.3 Å². The SMILES string of the molecule is COc1cc(CN)ccc1C1C(C(N)=O)=C(C)Nc2c(C)cnc(OC)c21. The number of primary amides is 1. The van der Waals surface area contributed by atoms with Crippen molar-refractivity contribution in [2.75, 3.05) is 19.5 Å². The van der Waals surface area contributed by atoms with Crippen LogP contribution in [-0.4, -0.2) is 25.1 Å². The first-order chi connectivity index (χ1) is 12.9. The summed E-state index contributed by atoms with van der Waals surface area (Å²) in [5.74, 6) is 0.0854. The maximum atomic E-state index is 12.4. The molecule has 0 saturated carbocycles. The third-order valence-electron chi connectivity index (χ3n) is 4.87. The monoisotopic (exact) mass is 368 g/mol. The normalized spacial score (nSPS) is 15.8. The number of hydrogen-bond acceptors (Lipinski definition) is 6. The molecule has 142 valence electrons. The van der Waals surface area contributed by atoms with E-state index in [1.807, 2.05) is 32.0 Å². The van der Waals surface area contributed by atoms with Crippen LogP contribution in [0.15, 0.2) is 35.7 Å². The molecule has 27 heavy (non-hydrogen) atoms. The maximum Gasteiger partial charge on any atom is 0.247 e. The predicted octanol–water partition coefficient (Wildman–Crippen LogP) is 2.18. The van der Waals surface area contributed by atoms with Gasteiger partial charge in [0.25, 0.3) is 0 Å². The van der Waals surface area contributed by atoms with Crippen molar-refractivity contribution in [1.82, 2.24) is 4.98 Å². The number of aryl methyl sites for hydroxylation is 1. The summed E-state index contributed by atoms with van der Waals surface area (Å²) in [6.45, 7) is 4.18. The number of carbonyl (C=O) groups is 1. The molecular weight excluding hydrogens is 344 g/mol. The van der Waals surface area contributed by atoms with Crippen LogP contribution in [0.5, 0.6) is 11.6 Å². The van der Waals surface area contributed by atoms with E-state index in [4.69, 9.17) is 20.9 Å². The molecule has 1 aliphatic heterocycles. The van der Waals surface area contributed by atoms with Crippen LogP contribution in [0.4, 0.5) is 5.69 Å². The van der Waals surface area contributed by atoms with Crippen molar-refractivity contribution in [2.45, 2.75) is 26.3 Å². The molecule has 0 fully saturated rings. The number of carbonyl (C=O) groups excluding carboxylic acids is 1. The van der Waals surface area contributed by atoms with Gasteiger partial charge < -0.3 is 26.3 Å². The minimum absolute atomic E-state index is 0.390. The first-order valence-corrected chi connectivity index (χ1v) is 8.60. The van der Waals surface area contributed by atoms with Crippen molar-refractivity contribution in [3.63, 3.8) is 0 Å². The number of benzene rings is 1. The number of anilines is 1. The van der Waals surface area contributed by atoms with Crippen molar-refractivity contribution in [1.29, 1.82) is 0 Å². The van der Waals surface area contributed by atoms with Crippen molar-refractivity contribution in [3.8, 4) is 11.6 Å². The lowest BCUT2D eigenvalue weighted by Crippen LogP contribution is -2.28. The van der Waals surface area contributed by atoms with Gasteiger partial charge in [0, 0.05) is 29.6 Å². The van der Waals surface area contributed by atoms with Crippen LogP contribution in [0.1, 0.15) is 35.1 Å². The van der Waals surface area contributed by atoms with E-state index in [-0.39, 0.29) is 0 Å². The van der Waals surface area contributed by atoms with Crippen LogP contribution in [-0.2, 0) is 11.3 Å². The van der Waals surface area contributed by atoms with Gasteiger partial charge in [-0.1, -0.05) is 12.1 Å². The molecule has 7 nitrogen and oxygen atoms in total. The lowest BCUT2D eigenvalue weighted by atomic mass is 9.79. The molecule has 0 radical (unpaired) electrons. The number of rotatable bonds is 5. The summed E-state index contributed by atoms with van der Waals surface area (Å²) < 4.78 is 11.1. The molecule has 1 unspecified atom stereocenters. The summed E-state index contributed by atoms with van der Waals surface area (Å²) in [5.41, 5.74) is 17.0. The van der Waals surface area contributed by atoms with Gasteiger partial charge in [0.2, 0.25) is 11.8 Å². The van der Waals surface area contributed by atoms with Crippen LogP contribution in [0.25, 0.3) is 0 Å². The summed E-state index contributed by atoms with van der Waals surface area (Å²) >= 11 is 0. The average Bonchev–Trinajstić information content (AvgIpc) is 2.67. The molecule has 0 aliphatic carbocycles. The molecule has 0 spiro atoms. The van der Waals surface area contributed by atoms with Gasteiger partial charge in [0.15, 0.2) is 0 Å². The van der Waals surface area contributed by atoms with Gasteiger partial charge in [0.05, 0.1) is 31.4 Å². The van der Waals surface area contributed by atoms with Crippen LogP contribution >= 0.6 is 0 Å². The predicted molar refractivity (Wildman–Crippen MR) is 104 cm³/mol. The number of fused-ring (bicyclic) bond motifs is 1. The number of pyridine rings is 1. The van der Waals surface area contributed by atoms with Gasteiger partial charge in [-0.25, -0.2) is 4.98 Å². The fourth-order valence-corrected chi connectivity index (χ4v) is 3.58. The zero-order valence-electron chi connectivity index (χ0n) is 15.9. The standard InChI is InChI=1S/C20H24N4O3/c1-10-9-23-20(27-4)17-16(15(19(22)25)11(2)24-18(10)17)13-6-5-12(8-21)7-14(13)26-3/h5-7,9,16,24H,8,21H2,1-4H3,(H2,22,25). The van der Waals surface area contributed by atoms with E-state index in [2.05, 4.69) is 10.3 Å². The largest absolute Gasteiger partial charge is 0.496 e. The molecule has 0 bridgehead atoms. The number of amides is 1. The highest BCUT2D eigenvalue weighted by atomic mass is 16.5. The van der Waals surface area contributed by atoms with Crippen molar-refractivity contribution in [3.05, 3.63) is 57.9 Å². The van der Waals surface area contributed by atoms with E-state index in [0.29, 0.717) is 29.4 Å². The van der Waals surface area contributed by atoms with E-state index < -0.39 is 11.8 Å². The molecule has 1 aromatic carbocycles. The van der Waals surface area contributed by atoms with Gasteiger partial charge >= 0.3 is 0 Å². The van der Waals surface area contributed by atoms with Crippen molar-refractivity contribution in [2.24, 2.45) is 11.5 Å². The molecule has 2 heterocycles. The maximum absolute atomic E-state index is 12.4. The zero-order chi connectivity index (χ0) is 19.7. The molecular formula is C20H24N4O3. The van der Waals surface area contributed by atoms with Gasteiger partial charge in [-0.2, -0.15) is 0 Å². The number of allylic oxidation sites excluding steroid dienone is 1. The fourth-order valence-electron chi connectivity index (χ4n) is 3.58. The third-order valence-corrected chi connectivity index (χ3v) is 4.87. The Morgan fingerprint density at radius 2 is 2.00 bits per heavy atom. The van der Waals surface area contributed by atoms with Gasteiger partial charge in [-0.15, -0.1) is 0 Å². The smallest absolute Gasteiger partial charge is 0.247 e. The van der Waals surface area contributed by atoms with Crippen LogP contribution in [0.2, 0.25) is 0 Å². The molecule has 0 saturated heterocycles. The highest BCUT2D eigenvalue weighted by Crippen LogP contribution is 2.48. The summed E-state index contributed by atoms with van der Waals surface area (Å²) in [4.78, 5) is 16.8. The molecule has 1 amide bonds. The lowest BCUT2D eigenvalue weighted by molar-refractivity contribution is -0.114. The summed E-state index contributed by atoms with van der Waals surface area (Å²) in [6, 6.07) is 5.71. The second kappa shape index (κ2) is 7.28. The minimum atomic E-state index is -0.510. The molecule has 1 aromatic heterocycles. The van der Waals surface area contributed by atoms with Crippen molar-refractivity contribution < 1.29 is 14.3 Å². The Kier molecular flexibility index (Phi) is 5.05. The Labute approximate surface area is 158 Å². The molecule has 1 atom stereocenters. The van der Waals surface area contributed by atoms with E-state index in [9.17, 15) is 4.79 Å².